The number of carbonyl (C=O) groups excluding carboxylic acids is 1. The summed E-state index contributed by atoms with van der Waals surface area (Å²) in [6.07, 6.45) is 0. The van der Waals surface area contributed by atoms with Gasteiger partial charge in [0.15, 0.2) is 0 Å². The molecule has 0 saturated carbocycles. The van der Waals surface area contributed by atoms with Crippen molar-refractivity contribution in [2.75, 3.05) is 64.0 Å². The molecule has 0 bridgehead atoms. The summed E-state index contributed by atoms with van der Waals surface area (Å²) in [7, 11) is 0. The van der Waals surface area contributed by atoms with E-state index in [-0.39, 0.29) is 17.8 Å². The van der Waals surface area contributed by atoms with Gasteiger partial charge in [-0.15, -0.1) is 0 Å². The van der Waals surface area contributed by atoms with Gasteiger partial charge in [0.25, 0.3) is 0 Å². The number of esters is 1. The first-order valence-electron chi connectivity index (χ1n) is 11.5. The van der Waals surface area contributed by atoms with Gasteiger partial charge in [-0.1, -0.05) is 30.3 Å². The lowest BCUT2D eigenvalue weighted by molar-refractivity contribution is -0.155. The van der Waals surface area contributed by atoms with Crippen LogP contribution in [-0.2, 0) is 14.3 Å². The van der Waals surface area contributed by atoms with Gasteiger partial charge in [0.1, 0.15) is 11.9 Å². The molecule has 0 amide bonds. The van der Waals surface area contributed by atoms with Crippen LogP contribution in [-0.4, -0.2) is 80.9 Å². The second-order valence-electron chi connectivity index (χ2n) is 8.20. The number of hydrogen-bond acceptors (Lipinski definition) is 6. The summed E-state index contributed by atoms with van der Waals surface area (Å²) in [6.45, 7) is 8.11. The molecule has 32 heavy (non-hydrogen) atoms. The first kappa shape index (κ1) is 22.7. The Balaban J connectivity index is 1.58. The van der Waals surface area contributed by atoms with Gasteiger partial charge in [0, 0.05) is 45.0 Å². The summed E-state index contributed by atoms with van der Waals surface area (Å²) in [5.41, 5.74) is 2.14. The molecule has 0 N–H and O–H groups in total. The van der Waals surface area contributed by atoms with Crippen molar-refractivity contribution in [3.8, 4) is 0 Å². The van der Waals surface area contributed by atoms with Crippen LogP contribution in [0.1, 0.15) is 18.5 Å². The highest BCUT2D eigenvalue weighted by atomic mass is 19.1. The zero-order valence-corrected chi connectivity index (χ0v) is 18.7. The second kappa shape index (κ2) is 10.9. The average molecular weight is 442 g/mol. The predicted molar refractivity (Wildman–Crippen MR) is 122 cm³/mol. The van der Waals surface area contributed by atoms with E-state index in [0.29, 0.717) is 32.9 Å². The van der Waals surface area contributed by atoms with E-state index in [1.807, 2.05) is 37.3 Å². The van der Waals surface area contributed by atoms with Crippen molar-refractivity contribution in [1.29, 1.82) is 0 Å². The molecule has 0 aromatic heterocycles. The number of carbonyl (C=O) groups is 1. The average Bonchev–Trinajstić information content (AvgIpc) is 2.84. The van der Waals surface area contributed by atoms with Crippen molar-refractivity contribution < 1.29 is 18.7 Å². The topological polar surface area (TPSA) is 45.2 Å². The SMILES string of the molecule is CCOC(=O)[C@@H]([C@H](c1ccccc1)N1CCN(c2ccc(F)cc2)CC1)N1CCOCC1. The highest BCUT2D eigenvalue weighted by Gasteiger charge is 2.40. The van der Waals surface area contributed by atoms with Crippen LogP contribution < -0.4 is 4.90 Å². The number of ether oxygens (including phenoxy) is 2. The van der Waals surface area contributed by atoms with Gasteiger partial charge >= 0.3 is 5.97 Å². The third kappa shape index (κ3) is 5.28. The fraction of sp³-hybridized carbons (Fsp3) is 0.480. The summed E-state index contributed by atoms with van der Waals surface area (Å²) in [5, 5.41) is 0. The molecule has 0 radical (unpaired) electrons. The fourth-order valence-corrected chi connectivity index (χ4v) is 4.71. The minimum atomic E-state index is -0.390. The molecular formula is C25H32FN3O3. The molecular weight excluding hydrogens is 409 g/mol. The standard InChI is InChI=1S/C25H32FN3O3/c1-2-32-25(30)24(29-16-18-31-19-17-29)23(20-6-4-3-5-7-20)28-14-12-27(13-15-28)22-10-8-21(26)9-11-22/h3-11,23-24H,2,12-19H2,1H3/t23-,24+/m0/s1. The third-order valence-electron chi connectivity index (χ3n) is 6.31. The van der Waals surface area contributed by atoms with E-state index in [2.05, 4.69) is 26.8 Å². The Morgan fingerprint density at radius 3 is 2.22 bits per heavy atom. The van der Waals surface area contributed by atoms with E-state index in [9.17, 15) is 9.18 Å². The number of anilines is 1. The number of morpholine rings is 1. The van der Waals surface area contributed by atoms with Crippen LogP contribution in [0.3, 0.4) is 0 Å². The van der Waals surface area contributed by atoms with Crippen LogP contribution in [0.15, 0.2) is 54.6 Å². The Kier molecular flexibility index (Phi) is 7.73. The second-order valence-corrected chi connectivity index (χ2v) is 8.20. The zero-order valence-electron chi connectivity index (χ0n) is 18.7. The fourth-order valence-electron chi connectivity index (χ4n) is 4.71. The van der Waals surface area contributed by atoms with E-state index < -0.39 is 6.04 Å². The first-order valence-corrected chi connectivity index (χ1v) is 11.5. The van der Waals surface area contributed by atoms with Crippen molar-refractivity contribution in [2.45, 2.75) is 19.0 Å². The number of rotatable bonds is 7. The molecule has 2 aromatic carbocycles. The Labute approximate surface area is 189 Å². The first-order chi connectivity index (χ1) is 15.7. The molecule has 172 valence electrons. The highest BCUT2D eigenvalue weighted by molar-refractivity contribution is 5.77. The minimum absolute atomic E-state index is 0.108. The van der Waals surface area contributed by atoms with Gasteiger partial charge in [-0.2, -0.15) is 0 Å². The normalized spacial score (nSPS) is 20.0. The number of benzene rings is 2. The number of nitrogens with zero attached hydrogens (tertiary/aromatic N) is 3. The maximum Gasteiger partial charge on any atom is 0.325 e. The smallest absolute Gasteiger partial charge is 0.325 e. The van der Waals surface area contributed by atoms with Crippen LogP contribution in [0.4, 0.5) is 10.1 Å². The maximum absolute atomic E-state index is 13.3. The van der Waals surface area contributed by atoms with E-state index >= 15 is 0 Å². The molecule has 0 aliphatic carbocycles. The third-order valence-corrected chi connectivity index (χ3v) is 6.31. The largest absolute Gasteiger partial charge is 0.465 e. The van der Waals surface area contributed by atoms with E-state index in [1.54, 1.807) is 0 Å². The molecule has 2 saturated heterocycles. The van der Waals surface area contributed by atoms with E-state index in [1.165, 1.54) is 12.1 Å². The number of piperazine rings is 1. The highest BCUT2D eigenvalue weighted by Crippen LogP contribution is 2.31. The lowest BCUT2D eigenvalue weighted by Gasteiger charge is -2.45. The van der Waals surface area contributed by atoms with Gasteiger partial charge in [0.05, 0.1) is 25.9 Å². The predicted octanol–water partition coefficient (Wildman–Crippen LogP) is 2.95. The Hall–Kier alpha value is -2.48. The van der Waals surface area contributed by atoms with Crippen molar-refractivity contribution in [3.05, 3.63) is 66.0 Å². The van der Waals surface area contributed by atoms with Crippen LogP contribution in [0, 0.1) is 5.82 Å². The summed E-state index contributed by atoms with van der Waals surface area (Å²) < 4.78 is 24.4. The van der Waals surface area contributed by atoms with Gasteiger partial charge in [-0.05, 0) is 36.8 Å². The molecule has 6 nitrogen and oxygen atoms in total. The van der Waals surface area contributed by atoms with Gasteiger partial charge < -0.3 is 14.4 Å². The molecule has 4 rings (SSSR count). The van der Waals surface area contributed by atoms with Crippen molar-refractivity contribution in [1.82, 2.24) is 9.80 Å². The minimum Gasteiger partial charge on any atom is -0.465 e. The Bertz CT molecular complexity index is 850. The monoisotopic (exact) mass is 441 g/mol. The van der Waals surface area contributed by atoms with Crippen LogP contribution in [0.2, 0.25) is 0 Å². The maximum atomic E-state index is 13.3. The van der Waals surface area contributed by atoms with Gasteiger partial charge in [0.2, 0.25) is 0 Å². The van der Waals surface area contributed by atoms with Crippen LogP contribution in [0.5, 0.6) is 0 Å². The number of hydrogen-bond donors (Lipinski definition) is 0. The lowest BCUT2D eigenvalue weighted by atomic mass is 9.95. The van der Waals surface area contributed by atoms with Gasteiger partial charge in [-0.25, -0.2) is 4.39 Å². The van der Waals surface area contributed by atoms with E-state index in [0.717, 1.165) is 37.4 Å². The summed E-state index contributed by atoms with van der Waals surface area (Å²) in [5.74, 6) is -0.400. The number of halogens is 1. The molecule has 7 heteroatoms. The molecule has 2 fully saturated rings. The molecule has 0 spiro atoms. The zero-order chi connectivity index (χ0) is 22.3. The van der Waals surface area contributed by atoms with Crippen LogP contribution in [0.25, 0.3) is 0 Å². The van der Waals surface area contributed by atoms with Crippen molar-refractivity contribution in [2.24, 2.45) is 0 Å². The molecule has 2 aromatic rings. The van der Waals surface area contributed by atoms with Crippen molar-refractivity contribution >= 4 is 11.7 Å². The summed E-state index contributed by atoms with van der Waals surface area (Å²) in [4.78, 5) is 20.1. The van der Waals surface area contributed by atoms with Crippen LogP contribution >= 0.6 is 0 Å². The van der Waals surface area contributed by atoms with E-state index in [4.69, 9.17) is 9.47 Å². The molecule has 2 aliphatic heterocycles. The molecule has 0 unspecified atom stereocenters. The van der Waals surface area contributed by atoms with Crippen molar-refractivity contribution in [3.63, 3.8) is 0 Å². The Morgan fingerprint density at radius 1 is 0.938 bits per heavy atom. The van der Waals surface area contributed by atoms with Gasteiger partial charge in [-0.3, -0.25) is 14.6 Å². The molecule has 2 heterocycles. The summed E-state index contributed by atoms with van der Waals surface area (Å²) in [6, 6.07) is 16.4. The summed E-state index contributed by atoms with van der Waals surface area (Å²) >= 11 is 0. The molecule has 2 aliphatic rings. The Morgan fingerprint density at radius 2 is 1.59 bits per heavy atom. The quantitative estimate of drug-likeness (QED) is 0.616. The lowest BCUT2D eigenvalue weighted by Crippen LogP contribution is -2.57. The molecule has 2 atom stereocenters.